The molecule has 14 atom stereocenters. The highest BCUT2D eigenvalue weighted by Gasteiger charge is 2.47. The maximum Gasteiger partial charge on any atom is 0.308 e. The van der Waals surface area contributed by atoms with Gasteiger partial charge in [-0.05, 0) is 95.1 Å². The van der Waals surface area contributed by atoms with E-state index in [0.29, 0.717) is 31.1 Å². The zero-order valence-electron chi connectivity index (χ0n) is 36.1. The zero-order valence-corrected chi connectivity index (χ0v) is 36.1. The molecule has 11 heteroatoms. The van der Waals surface area contributed by atoms with Gasteiger partial charge in [0.2, 0.25) is 0 Å². The van der Waals surface area contributed by atoms with Crippen LogP contribution in [0.3, 0.4) is 0 Å². The SMILES string of the molecule is CCC1OC(=O)CC(O)C(C)C(O[C@@H]2O[C@H](C)[C@@H](O)[C@H](N(C)C)[C@H]2O)C(CCN2Cc3ccccc3C2)CC(C)C(=O)/C=C\C(C)=C\C1CN1CC(C)CC(C)C1. The third kappa shape index (κ3) is 12.1. The van der Waals surface area contributed by atoms with E-state index in [2.05, 4.69) is 54.0 Å². The fourth-order valence-electron chi connectivity index (χ4n) is 10.0. The summed E-state index contributed by atoms with van der Waals surface area (Å²) in [4.78, 5) is 34.4. The van der Waals surface area contributed by atoms with Crippen LogP contribution in [-0.4, -0.2) is 131 Å². The Hall–Kier alpha value is -2.48. The van der Waals surface area contributed by atoms with E-state index in [9.17, 15) is 24.9 Å². The van der Waals surface area contributed by atoms with Crippen molar-refractivity contribution in [3.05, 3.63) is 59.2 Å². The molecule has 4 heterocycles. The van der Waals surface area contributed by atoms with Gasteiger partial charge in [-0.2, -0.15) is 0 Å². The Balaban J connectivity index is 1.47. The number of cyclic esters (lactones) is 1. The second-order valence-electron chi connectivity index (χ2n) is 18.5. The summed E-state index contributed by atoms with van der Waals surface area (Å²) in [5.74, 6) is -0.628. The van der Waals surface area contributed by atoms with Gasteiger partial charge in [0.25, 0.3) is 0 Å². The molecule has 1 aromatic carbocycles. The van der Waals surface area contributed by atoms with Crippen molar-refractivity contribution in [2.45, 2.75) is 143 Å². The minimum absolute atomic E-state index is 0.00689. The first kappa shape index (κ1) is 45.6. The average Bonchev–Trinajstić information content (AvgIpc) is 3.57. The number of ketones is 1. The van der Waals surface area contributed by atoms with Gasteiger partial charge < -0.3 is 39.3 Å². The Bertz CT molecular complexity index is 1500. The number of benzene rings is 1. The molecule has 0 aliphatic carbocycles. The van der Waals surface area contributed by atoms with Crippen molar-refractivity contribution in [2.24, 2.45) is 35.5 Å². The number of piperidine rings is 1. The third-order valence-corrected chi connectivity index (χ3v) is 13.1. The van der Waals surface area contributed by atoms with E-state index < -0.39 is 60.8 Å². The normalized spacial score (nSPS) is 39.7. The number of likely N-dealkylation sites (tertiary alicyclic amines) is 1. The molecule has 0 amide bonds. The van der Waals surface area contributed by atoms with Crippen LogP contribution in [0.15, 0.2) is 48.1 Å². The standard InChI is InChI=1S/C46H73N3O8/c1-10-40-37(27-49-23-29(3)19-30(4)24-49)20-28(2)15-16-38(50)31(5)21-34(17-18-48-25-35-13-11-12-14-36(35)26-48)45(32(6)39(51)22-41(52)56-40)57-46-44(54)42(47(8)9)43(53)33(7)55-46/h11-16,20,29-34,37,39-40,42-46,51,53-54H,10,17-19,21-27H2,1-9H3/b16-15-,28-20+/t29?,30?,31?,32?,33-,34?,37?,39?,40?,42+,43-,44-,45?,46+/m1/s1. The van der Waals surface area contributed by atoms with Crippen LogP contribution in [0.2, 0.25) is 0 Å². The van der Waals surface area contributed by atoms with E-state index >= 15 is 0 Å². The number of aliphatic hydroxyl groups excluding tert-OH is 3. The number of hydrogen-bond acceptors (Lipinski definition) is 11. The zero-order chi connectivity index (χ0) is 41.6. The lowest BCUT2D eigenvalue weighted by molar-refractivity contribution is -0.304. The molecule has 11 nitrogen and oxygen atoms in total. The van der Waals surface area contributed by atoms with Crippen molar-refractivity contribution in [3.8, 4) is 0 Å². The second kappa shape index (κ2) is 20.7. The summed E-state index contributed by atoms with van der Waals surface area (Å²) in [6.07, 6.45) is 2.26. The van der Waals surface area contributed by atoms with E-state index in [1.807, 2.05) is 33.8 Å². The number of likely N-dealkylation sites (N-methyl/N-ethyl adjacent to an activating group) is 1. The largest absolute Gasteiger partial charge is 0.462 e. The lowest BCUT2D eigenvalue weighted by Crippen LogP contribution is -2.63. The lowest BCUT2D eigenvalue weighted by atomic mass is 9.79. The Morgan fingerprint density at radius 2 is 1.54 bits per heavy atom. The molecule has 2 fully saturated rings. The lowest BCUT2D eigenvalue weighted by Gasteiger charge is -2.46. The number of hydrogen-bond donors (Lipinski definition) is 3. The smallest absolute Gasteiger partial charge is 0.308 e. The number of allylic oxidation sites excluding steroid dienone is 3. The summed E-state index contributed by atoms with van der Waals surface area (Å²) < 4.78 is 19.2. The van der Waals surface area contributed by atoms with Crippen molar-refractivity contribution in [3.63, 3.8) is 0 Å². The monoisotopic (exact) mass is 796 g/mol. The minimum Gasteiger partial charge on any atom is -0.462 e. The Morgan fingerprint density at radius 3 is 2.16 bits per heavy atom. The topological polar surface area (TPSA) is 132 Å². The quantitative estimate of drug-likeness (QED) is 0.285. The van der Waals surface area contributed by atoms with Crippen molar-refractivity contribution in [1.29, 1.82) is 0 Å². The highest BCUT2D eigenvalue weighted by atomic mass is 16.7. The Morgan fingerprint density at radius 1 is 0.895 bits per heavy atom. The summed E-state index contributed by atoms with van der Waals surface area (Å²) in [6, 6.07) is 7.79. The van der Waals surface area contributed by atoms with Crippen LogP contribution in [0.25, 0.3) is 0 Å². The molecule has 0 saturated carbocycles. The minimum atomic E-state index is -1.19. The average molecular weight is 796 g/mol. The molecule has 0 aromatic heterocycles. The van der Waals surface area contributed by atoms with Crippen LogP contribution in [0.5, 0.6) is 0 Å². The summed E-state index contributed by atoms with van der Waals surface area (Å²) in [5, 5.41) is 34.5. The van der Waals surface area contributed by atoms with Crippen molar-refractivity contribution >= 4 is 11.8 Å². The van der Waals surface area contributed by atoms with Gasteiger partial charge in [-0.25, -0.2) is 0 Å². The van der Waals surface area contributed by atoms with E-state index in [1.165, 1.54) is 17.5 Å². The third-order valence-electron chi connectivity index (χ3n) is 13.1. The first-order valence-corrected chi connectivity index (χ1v) is 21.7. The molecule has 3 N–H and O–H groups in total. The number of aliphatic hydroxyl groups is 3. The molecule has 57 heavy (non-hydrogen) atoms. The van der Waals surface area contributed by atoms with Gasteiger partial charge >= 0.3 is 5.97 Å². The molecular formula is C46H73N3O8. The number of carbonyl (C=O) groups excluding carboxylic acids is 2. The summed E-state index contributed by atoms with van der Waals surface area (Å²) in [6.45, 7) is 19.3. The number of ether oxygens (including phenoxy) is 3. The van der Waals surface area contributed by atoms with Gasteiger partial charge in [0, 0.05) is 50.5 Å². The molecule has 320 valence electrons. The number of esters is 1. The van der Waals surface area contributed by atoms with E-state index in [1.54, 1.807) is 32.0 Å². The molecule has 1 aromatic rings. The number of rotatable bonds is 9. The predicted octanol–water partition coefficient (Wildman–Crippen LogP) is 5.20. The molecule has 9 unspecified atom stereocenters. The van der Waals surface area contributed by atoms with Gasteiger partial charge in [-0.1, -0.05) is 76.6 Å². The molecule has 0 bridgehead atoms. The molecule has 4 aliphatic rings. The van der Waals surface area contributed by atoms with Crippen molar-refractivity contribution < 1.29 is 39.1 Å². The number of carbonyl (C=O) groups is 2. The Kier molecular flexibility index (Phi) is 16.5. The van der Waals surface area contributed by atoms with Crippen LogP contribution >= 0.6 is 0 Å². The number of nitrogens with zero attached hydrogens (tertiary/aromatic N) is 3. The maximum absolute atomic E-state index is 13.9. The second-order valence-corrected chi connectivity index (χ2v) is 18.5. The van der Waals surface area contributed by atoms with Crippen LogP contribution < -0.4 is 0 Å². The van der Waals surface area contributed by atoms with Gasteiger partial charge in [-0.15, -0.1) is 0 Å². The van der Waals surface area contributed by atoms with Gasteiger partial charge in [-0.3, -0.25) is 14.5 Å². The van der Waals surface area contributed by atoms with Crippen LogP contribution in [0.4, 0.5) is 0 Å². The van der Waals surface area contributed by atoms with Gasteiger partial charge in [0.1, 0.15) is 12.2 Å². The van der Waals surface area contributed by atoms with Gasteiger partial charge in [0.05, 0.1) is 36.9 Å². The van der Waals surface area contributed by atoms with Crippen molar-refractivity contribution in [1.82, 2.24) is 14.7 Å². The van der Waals surface area contributed by atoms with Crippen LogP contribution in [0.1, 0.15) is 91.7 Å². The van der Waals surface area contributed by atoms with E-state index in [4.69, 9.17) is 14.2 Å². The first-order chi connectivity index (χ1) is 27.0. The molecule has 4 aliphatic heterocycles. The van der Waals surface area contributed by atoms with Crippen molar-refractivity contribution in [2.75, 3.05) is 40.3 Å². The van der Waals surface area contributed by atoms with E-state index in [0.717, 1.165) is 44.8 Å². The summed E-state index contributed by atoms with van der Waals surface area (Å²) in [7, 11) is 3.60. The van der Waals surface area contributed by atoms with Crippen LogP contribution in [-0.2, 0) is 36.9 Å². The highest BCUT2D eigenvalue weighted by molar-refractivity contribution is 5.91. The molecule has 0 radical (unpaired) electrons. The molecule has 0 spiro atoms. The molecule has 5 rings (SSSR count). The summed E-state index contributed by atoms with van der Waals surface area (Å²) in [5.41, 5.74) is 3.54. The Labute approximate surface area is 342 Å². The highest BCUT2D eigenvalue weighted by Crippen LogP contribution is 2.36. The maximum atomic E-state index is 13.9. The first-order valence-electron chi connectivity index (χ1n) is 21.7. The van der Waals surface area contributed by atoms with E-state index in [-0.39, 0.29) is 30.0 Å². The predicted molar refractivity (Wildman–Crippen MR) is 222 cm³/mol. The summed E-state index contributed by atoms with van der Waals surface area (Å²) >= 11 is 0. The fraction of sp³-hybridized carbons (Fsp3) is 0.739. The fourth-order valence-corrected chi connectivity index (χ4v) is 10.0. The molecular weight excluding hydrogens is 723 g/mol. The molecule has 2 saturated heterocycles. The van der Waals surface area contributed by atoms with Crippen LogP contribution in [0, 0.1) is 35.5 Å². The number of fused-ring (bicyclic) bond motifs is 1. The van der Waals surface area contributed by atoms with Gasteiger partial charge in [0.15, 0.2) is 12.1 Å².